The number of aromatic nitrogens is 1. The molecular formula is C17H25N3O2. The highest BCUT2D eigenvalue weighted by atomic mass is 16.5. The molecule has 2 fully saturated rings. The second-order valence-electron chi connectivity index (χ2n) is 6.49. The third kappa shape index (κ3) is 3.03. The monoisotopic (exact) mass is 303 g/mol. The van der Waals surface area contributed by atoms with E-state index in [1.54, 1.807) is 19.4 Å². The quantitative estimate of drug-likeness (QED) is 0.909. The Hall–Kier alpha value is -1.78. The number of hydrogen-bond donors (Lipinski definition) is 1. The topological polar surface area (TPSA) is 54.5 Å². The Morgan fingerprint density at radius 1 is 1.32 bits per heavy atom. The fraction of sp³-hybridized carbons (Fsp3) is 0.647. The number of hydrogen-bond acceptors (Lipinski definition) is 3. The van der Waals surface area contributed by atoms with E-state index >= 15 is 0 Å². The minimum atomic E-state index is 0.00997. The summed E-state index contributed by atoms with van der Waals surface area (Å²) in [5.41, 5.74) is 0.719. The molecule has 1 aromatic rings. The Bertz CT molecular complexity index is 517. The number of methoxy groups -OCH3 is 1. The van der Waals surface area contributed by atoms with Gasteiger partial charge in [0.05, 0.1) is 19.0 Å². The summed E-state index contributed by atoms with van der Waals surface area (Å²) < 4.78 is 5.04. The van der Waals surface area contributed by atoms with E-state index in [0.717, 1.165) is 31.0 Å². The lowest BCUT2D eigenvalue weighted by Gasteiger charge is -2.47. The van der Waals surface area contributed by atoms with E-state index in [1.807, 2.05) is 11.0 Å². The van der Waals surface area contributed by atoms with Crippen molar-refractivity contribution >= 4 is 11.7 Å². The van der Waals surface area contributed by atoms with Crippen molar-refractivity contribution in [2.75, 3.05) is 19.0 Å². The first kappa shape index (κ1) is 15.1. The molecule has 1 aliphatic carbocycles. The normalized spacial score (nSPS) is 27.9. The number of fused-ring (bicyclic) bond motifs is 1. The summed E-state index contributed by atoms with van der Waals surface area (Å²) in [5.74, 6) is 1.95. The highest BCUT2D eigenvalue weighted by molar-refractivity contribution is 5.89. The largest absolute Gasteiger partial charge is 0.481 e. The predicted molar refractivity (Wildman–Crippen MR) is 86.0 cm³/mol. The highest BCUT2D eigenvalue weighted by Crippen LogP contribution is 2.38. The van der Waals surface area contributed by atoms with Gasteiger partial charge in [-0.15, -0.1) is 0 Å². The molecule has 0 radical (unpaired) electrons. The van der Waals surface area contributed by atoms with Gasteiger partial charge in [-0.05, 0) is 37.2 Å². The molecule has 1 saturated heterocycles. The Morgan fingerprint density at radius 3 is 2.86 bits per heavy atom. The van der Waals surface area contributed by atoms with Crippen LogP contribution in [0.4, 0.5) is 10.5 Å². The molecular weight excluding hydrogens is 278 g/mol. The van der Waals surface area contributed by atoms with E-state index in [1.165, 1.54) is 19.3 Å². The molecule has 1 saturated carbocycles. The van der Waals surface area contributed by atoms with Crippen molar-refractivity contribution in [3.63, 3.8) is 0 Å². The smallest absolute Gasteiger partial charge is 0.322 e. The standard InChI is InChI=1S/C17H25N3O2/c1-12-9-10-20(15-6-4-3-5-14(12)15)17(21)19-13-7-8-16(22-2)18-11-13/h7-8,11-12,14-15H,3-6,9-10H2,1-2H3,(H,19,21)/t12-,14-,15-/m0/s1. The fourth-order valence-electron chi connectivity index (χ4n) is 3.94. The number of ether oxygens (including phenoxy) is 1. The van der Waals surface area contributed by atoms with E-state index in [2.05, 4.69) is 17.2 Å². The summed E-state index contributed by atoms with van der Waals surface area (Å²) in [7, 11) is 1.58. The van der Waals surface area contributed by atoms with Crippen LogP contribution >= 0.6 is 0 Å². The molecule has 0 aromatic carbocycles. The lowest BCUT2D eigenvalue weighted by molar-refractivity contribution is 0.0551. The van der Waals surface area contributed by atoms with E-state index < -0.39 is 0 Å². The van der Waals surface area contributed by atoms with Crippen molar-refractivity contribution in [2.45, 2.75) is 45.1 Å². The van der Waals surface area contributed by atoms with E-state index in [0.29, 0.717) is 17.8 Å². The van der Waals surface area contributed by atoms with E-state index in [9.17, 15) is 4.79 Å². The Morgan fingerprint density at radius 2 is 2.14 bits per heavy atom. The highest BCUT2D eigenvalue weighted by Gasteiger charge is 2.39. The molecule has 1 aromatic heterocycles. The summed E-state index contributed by atoms with van der Waals surface area (Å²) in [6.07, 6.45) is 7.70. The molecule has 5 heteroatoms. The minimum absolute atomic E-state index is 0.00997. The number of likely N-dealkylation sites (tertiary alicyclic amines) is 1. The number of nitrogens with one attached hydrogen (secondary N) is 1. The molecule has 2 amide bonds. The number of pyridine rings is 1. The molecule has 2 aliphatic rings. The maximum absolute atomic E-state index is 12.6. The number of nitrogens with zero attached hydrogens (tertiary/aromatic N) is 2. The summed E-state index contributed by atoms with van der Waals surface area (Å²) in [5, 5.41) is 2.98. The van der Waals surface area contributed by atoms with Crippen molar-refractivity contribution in [3.8, 4) is 5.88 Å². The first-order valence-corrected chi connectivity index (χ1v) is 8.26. The molecule has 1 aliphatic heterocycles. The van der Waals surface area contributed by atoms with Gasteiger partial charge in [-0.25, -0.2) is 9.78 Å². The summed E-state index contributed by atoms with van der Waals surface area (Å²) >= 11 is 0. The van der Waals surface area contributed by atoms with Gasteiger partial charge in [0.1, 0.15) is 0 Å². The van der Waals surface area contributed by atoms with Crippen molar-refractivity contribution < 1.29 is 9.53 Å². The first-order valence-electron chi connectivity index (χ1n) is 8.26. The maximum Gasteiger partial charge on any atom is 0.322 e. The van der Waals surface area contributed by atoms with Gasteiger partial charge in [-0.1, -0.05) is 19.8 Å². The van der Waals surface area contributed by atoms with Crippen LogP contribution in [0.3, 0.4) is 0 Å². The zero-order chi connectivity index (χ0) is 15.5. The first-order chi connectivity index (χ1) is 10.7. The predicted octanol–water partition coefficient (Wildman–Crippen LogP) is 3.52. The molecule has 0 bridgehead atoms. The fourth-order valence-corrected chi connectivity index (χ4v) is 3.94. The molecule has 5 nitrogen and oxygen atoms in total. The summed E-state index contributed by atoms with van der Waals surface area (Å²) in [4.78, 5) is 18.8. The average Bonchev–Trinajstić information content (AvgIpc) is 2.56. The SMILES string of the molecule is COc1ccc(NC(=O)N2CC[C@H](C)[C@@H]3CCCC[C@@H]32)cn1. The molecule has 1 N–H and O–H groups in total. The van der Waals surface area contributed by atoms with Crippen LogP contribution in [-0.2, 0) is 0 Å². The van der Waals surface area contributed by atoms with Gasteiger partial charge >= 0.3 is 6.03 Å². The molecule has 0 spiro atoms. The van der Waals surface area contributed by atoms with Crippen LogP contribution in [0.25, 0.3) is 0 Å². The summed E-state index contributed by atoms with van der Waals surface area (Å²) in [6, 6.07) is 4.01. The van der Waals surface area contributed by atoms with Crippen molar-refractivity contribution in [1.82, 2.24) is 9.88 Å². The lowest BCUT2D eigenvalue weighted by atomic mass is 9.73. The molecule has 3 atom stereocenters. The van der Waals surface area contributed by atoms with Crippen LogP contribution in [0.1, 0.15) is 39.0 Å². The summed E-state index contributed by atoms with van der Waals surface area (Å²) in [6.45, 7) is 3.20. The second-order valence-corrected chi connectivity index (χ2v) is 6.49. The molecule has 120 valence electrons. The van der Waals surface area contributed by atoms with Gasteiger partial charge in [0.15, 0.2) is 0 Å². The molecule has 0 unspecified atom stereocenters. The van der Waals surface area contributed by atoms with Gasteiger partial charge in [-0.2, -0.15) is 0 Å². The Labute approximate surface area is 132 Å². The van der Waals surface area contributed by atoms with Gasteiger partial charge in [-0.3, -0.25) is 0 Å². The average molecular weight is 303 g/mol. The van der Waals surface area contributed by atoms with Crippen LogP contribution in [0, 0.1) is 11.8 Å². The number of piperidine rings is 1. The van der Waals surface area contributed by atoms with Crippen LogP contribution in [0.5, 0.6) is 5.88 Å². The number of amides is 2. The minimum Gasteiger partial charge on any atom is -0.481 e. The molecule has 3 rings (SSSR count). The number of carbonyl (C=O) groups is 1. The van der Waals surface area contributed by atoms with Crippen molar-refractivity contribution in [3.05, 3.63) is 18.3 Å². The third-order valence-electron chi connectivity index (χ3n) is 5.20. The number of urea groups is 1. The maximum atomic E-state index is 12.6. The van der Waals surface area contributed by atoms with Gasteiger partial charge in [0, 0.05) is 18.7 Å². The van der Waals surface area contributed by atoms with Gasteiger partial charge in [0.2, 0.25) is 5.88 Å². The lowest BCUT2D eigenvalue weighted by Crippen LogP contribution is -2.53. The van der Waals surface area contributed by atoms with Crippen LogP contribution in [-0.4, -0.2) is 35.6 Å². The molecule has 22 heavy (non-hydrogen) atoms. The Kier molecular flexibility index (Phi) is 4.50. The zero-order valence-electron chi connectivity index (χ0n) is 13.4. The third-order valence-corrected chi connectivity index (χ3v) is 5.20. The molecule has 2 heterocycles. The number of carbonyl (C=O) groups excluding carboxylic acids is 1. The van der Waals surface area contributed by atoms with Crippen molar-refractivity contribution in [2.24, 2.45) is 11.8 Å². The van der Waals surface area contributed by atoms with Crippen molar-refractivity contribution in [1.29, 1.82) is 0 Å². The van der Waals surface area contributed by atoms with Crippen LogP contribution in [0.15, 0.2) is 18.3 Å². The second kappa shape index (κ2) is 6.55. The van der Waals surface area contributed by atoms with E-state index in [4.69, 9.17) is 4.74 Å². The van der Waals surface area contributed by atoms with Crippen LogP contribution in [0.2, 0.25) is 0 Å². The van der Waals surface area contributed by atoms with E-state index in [-0.39, 0.29) is 6.03 Å². The zero-order valence-corrected chi connectivity index (χ0v) is 13.4. The van der Waals surface area contributed by atoms with Gasteiger partial charge in [0.25, 0.3) is 0 Å². The van der Waals surface area contributed by atoms with Crippen LogP contribution < -0.4 is 10.1 Å². The van der Waals surface area contributed by atoms with Gasteiger partial charge < -0.3 is 15.0 Å². The Balaban J connectivity index is 1.67. The number of anilines is 1. The number of rotatable bonds is 2.